The third-order valence-corrected chi connectivity index (χ3v) is 6.12. The Labute approximate surface area is 157 Å². The fourth-order valence-corrected chi connectivity index (χ4v) is 4.29. The van der Waals surface area contributed by atoms with Crippen LogP contribution in [0.5, 0.6) is 0 Å². The van der Waals surface area contributed by atoms with Gasteiger partial charge in [-0.25, -0.2) is 0 Å². The highest BCUT2D eigenvalue weighted by Crippen LogP contribution is 2.32. The van der Waals surface area contributed by atoms with E-state index >= 15 is 0 Å². The molecule has 0 aromatic heterocycles. The highest BCUT2D eigenvalue weighted by molar-refractivity contribution is 8.01. The lowest BCUT2D eigenvalue weighted by Crippen LogP contribution is -2.28. The maximum absolute atomic E-state index is 12.7. The molecule has 130 valence electrons. The largest absolute Gasteiger partial charge is 0.325 e. The SMILES string of the molecule is Cc1cc2c(cc1C)C(=O)C(C)SC(C(=O)Nc1ccc(Cl)cc1)C2. The predicted molar refractivity (Wildman–Crippen MR) is 105 cm³/mol. The zero-order valence-corrected chi connectivity index (χ0v) is 16.0. The normalized spacial score (nSPS) is 19.9. The van der Waals surface area contributed by atoms with Gasteiger partial charge in [0.25, 0.3) is 0 Å². The van der Waals surface area contributed by atoms with Crippen LogP contribution in [0.15, 0.2) is 36.4 Å². The molecule has 1 amide bonds. The minimum absolute atomic E-state index is 0.0851. The molecule has 1 aliphatic heterocycles. The number of carbonyl (C=O) groups excluding carboxylic acids is 2. The molecule has 2 aromatic rings. The van der Waals surface area contributed by atoms with Crippen molar-refractivity contribution in [3.63, 3.8) is 0 Å². The predicted octanol–water partition coefficient (Wildman–Crippen LogP) is 4.82. The number of carbonyl (C=O) groups is 2. The van der Waals surface area contributed by atoms with Gasteiger partial charge < -0.3 is 5.32 Å². The monoisotopic (exact) mass is 373 g/mol. The first kappa shape index (κ1) is 18.0. The second-order valence-corrected chi connectivity index (χ2v) is 8.41. The number of nitrogens with one attached hydrogen (secondary N) is 1. The second kappa shape index (κ2) is 7.22. The third kappa shape index (κ3) is 3.91. The number of amides is 1. The minimum Gasteiger partial charge on any atom is -0.325 e. The van der Waals surface area contributed by atoms with Gasteiger partial charge in [-0.05, 0) is 74.2 Å². The molecule has 0 aliphatic carbocycles. The van der Waals surface area contributed by atoms with Gasteiger partial charge in [-0.1, -0.05) is 17.7 Å². The minimum atomic E-state index is -0.307. The number of hydrogen-bond acceptors (Lipinski definition) is 3. The highest BCUT2D eigenvalue weighted by Gasteiger charge is 2.32. The average Bonchev–Trinajstić information content (AvgIpc) is 2.69. The number of aryl methyl sites for hydroxylation is 2. The van der Waals surface area contributed by atoms with E-state index in [1.54, 1.807) is 24.3 Å². The van der Waals surface area contributed by atoms with Gasteiger partial charge in [-0.15, -0.1) is 11.8 Å². The number of thioether (sulfide) groups is 1. The van der Waals surface area contributed by atoms with Crippen LogP contribution in [-0.4, -0.2) is 22.2 Å². The first-order chi connectivity index (χ1) is 11.8. The molecule has 0 bridgehead atoms. The average molecular weight is 374 g/mol. The topological polar surface area (TPSA) is 46.2 Å². The molecule has 2 aromatic carbocycles. The molecule has 1 N–H and O–H groups in total. The second-order valence-electron chi connectivity index (χ2n) is 6.43. The van der Waals surface area contributed by atoms with Crippen molar-refractivity contribution in [1.29, 1.82) is 0 Å². The molecule has 2 atom stereocenters. The van der Waals surface area contributed by atoms with Crippen molar-refractivity contribution in [2.24, 2.45) is 0 Å². The van der Waals surface area contributed by atoms with Crippen LogP contribution in [0.1, 0.15) is 34.0 Å². The molecule has 0 saturated heterocycles. The van der Waals surface area contributed by atoms with Gasteiger partial charge in [-0.3, -0.25) is 9.59 Å². The smallest absolute Gasteiger partial charge is 0.237 e. The summed E-state index contributed by atoms with van der Waals surface area (Å²) in [6.45, 7) is 5.92. The van der Waals surface area contributed by atoms with E-state index in [9.17, 15) is 9.59 Å². The maximum Gasteiger partial charge on any atom is 0.237 e. The van der Waals surface area contributed by atoms with Crippen LogP contribution < -0.4 is 5.32 Å². The Bertz CT molecular complexity index is 832. The summed E-state index contributed by atoms with van der Waals surface area (Å²) in [7, 11) is 0. The molecular formula is C20H20ClNO2S. The van der Waals surface area contributed by atoms with Gasteiger partial charge >= 0.3 is 0 Å². The van der Waals surface area contributed by atoms with Crippen molar-refractivity contribution in [2.75, 3.05) is 5.32 Å². The summed E-state index contributed by atoms with van der Waals surface area (Å²) < 4.78 is 0. The van der Waals surface area contributed by atoms with Gasteiger partial charge in [0.1, 0.15) is 0 Å². The number of ketones is 1. The van der Waals surface area contributed by atoms with Crippen LogP contribution in [0.4, 0.5) is 5.69 Å². The van der Waals surface area contributed by atoms with E-state index in [0.29, 0.717) is 17.1 Å². The van der Waals surface area contributed by atoms with Crippen LogP contribution in [0.3, 0.4) is 0 Å². The van der Waals surface area contributed by atoms with Crippen molar-refractivity contribution in [3.05, 3.63) is 63.7 Å². The Kier molecular flexibility index (Phi) is 5.21. The van der Waals surface area contributed by atoms with Crippen molar-refractivity contribution >= 4 is 40.7 Å². The van der Waals surface area contributed by atoms with Gasteiger partial charge in [0.05, 0.1) is 10.5 Å². The number of benzene rings is 2. The van der Waals surface area contributed by atoms with E-state index in [2.05, 4.69) is 5.32 Å². The van der Waals surface area contributed by atoms with Crippen LogP contribution in [0.2, 0.25) is 5.02 Å². The molecule has 0 radical (unpaired) electrons. The quantitative estimate of drug-likeness (QED) is 0.820. The van der Waals surface area contributed by atoms with E-state index in [-0.39, 0.29) is 22.2 Å². The molecule has 3 rings (SSSR count). The Morgan fingerprint density at radius 2 is 1.80 bits per heavy atom. The Hall–Kier alpha value is -1.78. The standard InChI is InChI=1S/C20H20ClNO2S/c1-11-8-14-10-18(20(24)22-16-6-4-15(21)5-7-16)25-13(3)19(23)17(14)9-12(11)2/h4-9,13,18H,10H2,1-3H3,(H,22,24). The van der Waals surface area contributed by atoms with Gasteiger partial charge in [0.2, 0.25) is 5.91 Å². The Morgan fingerprint density at radius 3 is 2.48 bits per heavy atom. The first-order valence-electron chi connectivity index (χ1n) is 8.21. The lowest BCUT2D eigenvalue weighted by Gasteiger charge is -2.16. The molecular weight excluding hydrogens is 354 g/mol. The van der Waals surface area contributed by atoms with E-state index < -0.39 is 0 Å². The van der Waals surface area contributed by atoms with Crippen molar-refractivity contribution in [2.45, 2.75) is 37.7 Å². The van der Waals surface area contributed by atoms with Crippen molar-refractivity contribution in [3.8, 4) is 0 Å². The number of halogens is 1. The van der Waals surface area contributed by atoms with E-state index in [1.807, 2.05) is 32.9 Å². The molecule has 3 nitrogen and oxygen atoms in total. The van der Waals surface area contributed by atoms with Gasteiger partial charge in [0.15, 0.2) is 5.78 Å². The van der Waals surface area contributed by atoms with Gasteiger partial charge in [0, 0.05) is 16.3 Å². The summed E-state index contributed by atoms with van der Waals surface area (Å²) in [6.07, 6.45) is 0.552. The fraction of sp³-hybridized carbons (Fsp3) is 0.300. The molecule has 25 heavy (non-hydrogen) atoms. The maximum atomic E-state index is 12.7. The van der Waals surface area contributed by atoms with E-state index in [1.165, 1.54) is 11.8 Å². The lowest BCUT2D eigenvalue weighted by atomic mass is 9.93. The molecule has 5 heteroatoms. The number of hydrogen-bond donors (Lipinski definition) is 1. The summed E-state index contributed by atoms with van der Waals surface area (Å²) in [5.74, 6) is 0.0166. The van der Waals surface area contributed by atoms with Gasteiger partial charge in [-0.2, -0.15) is 0 Å². The fourth-order valence-electron chi connectivity index (χ4n) is 2.96. The molecule has 0 saturated carbocycles. The van der Waals surface area contributed by atoms with E-state index in [4.69, 9.17) is 11.6 Å². The Balaban J connectivity index is 1.87. The van der Waals surface area contributed by atoms with Crippen LogP contribution in [0.25, 0.3) is 0 Å². The molecule has 0 fully saturated rings. The summed E-state index contributed by atoms with van der Waals surface area (Å²) in [6, 6.07) is 11.0. The van der Waals surface area contributed by atoms with Crippen LogP contribution in [-0.2, 0) is 11.2 Å². The van der Waals surface area contributed by atoms with Crippen molar-refractivity contribution < 1.29 is 9.59 Å². The summed E-state index contributed by atoms with van der Waals surface area (Å²) in [5, 5.41) is 3.00. The van der Waals surface area contributed by atoms with Crippen LogP contribution >= 0.6 is 23.4 Å². The number of fused-ring (bicyclic) bond motifs is 1. The molecule has 0 spiro atoms. The summed E-state index contributed by atoms with van der Waals surface area (Å²) in [4.78, 5) is 25.4. The number of anilines is 1. The Morgan fingerprint density at radius 1 is 1.16 bits per heavy atom. The highest BCUT2D eigenvalue weighted by atomic mass is 35.5. The van der Waals surface area contributed by atoms with Crippen LogP contribution in [0, 0.1) is 13.8 Å². The summed E-state index contributed by atoms with van der Waals surface area (Å²) in [5.41, 5.74) is 4.67. The third-order valence-electron chi connectivity index (χ3n) is 4.53. The number of rotatable bonds is 2. The molecule has 1 heterocycles. The van der Waals surface area contributed by atoms with E-state index in [0.717, 1.165) is 22.3 Å². The molecule has 1 aliphatic rings. The lowest BCUT2D eigenvalue weighted by molar-refractivity contribution is -0.115. The first-order valence-corrected chi connectivity index (χ1v) is 9.53. The zero-order chi connectivity index (χ0) is 18.1. The van der Waals surface area contributed by atoms with Crippen molar-refractivity contribution in [1.82, 2.24) is 0 Å². The zero-order valence-electron chi connectivity index (χ0n) is 14.4. The summed E-state index contributed by atoms with van der Waals surface area (Å²) >= 11 is 7.31. The number of Topliss-reactive ketones (excluding diaryl/α,β-unsaturated/α-hetero) is 1. The molecule has 2 unspecified atom stereocenters.